The summed E-state index contributed by atoms with van der Waals surface area (Å²) in [6.45, 7) is 0. The molecule has 0 bridgehead atoms. The molecule has 1 atom stereocenters. The number of hydrogen-bond donors (Lipinski definition) is 3. The van der Waals surface area contributed by atoms with Gasteiger partial charge in [0.2, 0.25) is 0 Å². The molecule has 20 heavy (non-hydrogen) atoms. The first-order valence-electron chi connectivity index (χ1n) is 6.58. The summed E-state index contributed by atoms with van der Waals surface area (Å²) >= 11 is 0. The van der Waals surface area contributed by atoms with Crippen LogP contribution in [0.15, 0.2) is 29.4 Å². The first-order chi connectivity index (χ1) is 9.52. The zero-order valence-corrected chi connectivity index (χ0v) is 11.7. The monoisotopic (exact) mass is 276 g/mol. The molecule has 0 saturated heterocycles. The van der Waals surface area contributed by atoms with Gasteiger partial charge in [-0.05, 0) is 43.0 Å². The van der Waals surface area contributed by atoms with Crippen LogP contribution in [0.5, 0.6) is 0 Å². The Kier molecular flexibility index (Phi) is 4.12. The number of amidine groups is 1. The molecule has 0 spiro atoms. The SMILES string of the molecule is CN(C)c1ccc(C(=O)NC(C(N)=NO)C2CC2)cc1. The highest BCUT2D eigenvalue weighted by Gasteiger charge is 2.35. The maximum absolute atomic E-state index is 12.2. The summed E-state index contributed by atoms with van der Waals surface area (Å²) in [5, 5.41) is 14.6. The zero-order valence-electron chi connectivity index (χ0n) is 11.7. The Bertz CT molecular complexity index is 506. The quantitative estimate of drug-likeness (QED) is 0.324. The van der Waals surface area contributed by atoms with E-state index in [9.17, 15) is 4.79 Å². The van der Waals surface area contributed by atoms with Gasteiger partial charge in [-0.1, -0.05) is 5.16 Å². The molecular formula is C14H20N4O2. The number of amides is 1. The lowest BCUT2D eigenvalue weighted by Crippen LogP contribution is -2.46. The van der Waals surface area contributed by atoms with E-state index in [2.05, 4.69) is 10.5 Å². The van der Waals surface area contributed by atoms with E-state index in [4.69, 9.17) is 10.9 Å². The van der Waals surface area contributed by atoms with Crippen LogP contribution >= 0.6 is 0 Å². The second-order valence-corrected chi connectivity index (χ2v) is 5.25. The van der Waals surface area contributed by atoms with Crippen LogP contribution in [0.1, 0.15) is 23.2 Å². The topological polar surface area (TPSA) is 91.0 Å². The minimum atomic E-state index is -0.388. The van der Waals surface area contributed by atoms with Gasteiger partial charge in [-0.2, -0.15) is 0 Å². The van der Waals surface area contributed by atoms with E-state index in [-0.39, 0.29) is 23.7 Å². The summed E-state index contributed by atoms with van der Waals surface area (Å²) in [6, 6.07) is 6.90. The minimum absolute atomic E-state index is 0.0609. The Labute approximate surface area is 118 Å². The maximum Gasteiger partial charge on any atom is 0.251 e. The molecule has 1 aliphatic carbocycles. The Balaban J connectivity index is 2.06. The van der Waals surface area contributed by atoms with Gasteiger partial charge in [-0.15, -0.1) is 0 Å². The lowest BCUT2D eigenvalue weighted by molar-refractivity contribution is 0.0943. The smallest absolute Gasteiger partial charge is 0.251 e. The van der Waals surface area contributed by atoms with Crippen LogP contribution in [0, 0.1) is 5.92 Å². The molecule has 0 aliphatic heterocycles. The standard InChI is InChI=1S/C14H20N4O2/c1-18(2)11-7-5-10(6-8-11)14(19)16-12(9-3-4-9)13(15)17-20/h5-9,12,20H,3-4H2,1-2H3,(H2,15,17)(H,16,19). The van der Waals surface area contributed by atoms with Crippen LogP contribution in [0.25, 0.3) is 0 Å². The van der Waals surface area contributed by atoms with E-state index in [1.165, 1.54) is 0 Å². The molecule has 1 amide bonds. The Morgan fingerprint density at radius 2 is 2.00 bits per heavy atom. The number of nitrogens with two attached hydrogens (primary N) is 1. The van der Waals surface area contributed by atoms with Gasteiger partial charge in [0.05, 0.1) is 6.04 Å². The average Bonchev–Trinajstić information content (AvgIpc) is 3.28. The van der Waals surface area contributed by atoms with Crippen LogP contribution in [-0.4, -0.2) is 37.1 Å². The van der Waals surface area contributed by atoms with Crippen molar-refractivity contribution in [3.63, 3.8) is 0 Å². The highest BCUT2D eigenvalue weighted by atomic mass is 16.4. The molecule has 6 nitrogen and oxygen atoms in total. The predicted octanol–water partition coefficient (Wildman–Crippen LogP) is 1.01. The average molecular weight is 276 g/mol. The summed E-state index contributed by atoms with van der Waals surface area (Å²) < 4.78 is 0. The van der Waals surface area contributed by atoms with Gasteiger partial charge in [0.15, 0.2) is 5.84 Å². The molecule has 0 heterocycles. The Hall–Kier alpha value is -2.24. The van der Waals surface area contributed by atoms with Crippen molar-refractivity contribution in [1.82, 2.24) is 5.32 Å². The van der Waals surface area contributed by atoms with Crippen molar-refractivity contribution >= 4 is 17.4 Å². The van der Waals surface area contributed by atoms with Crippen molar-refractivity contribution in [2.75, 3.05) is 19.0 Å². The lowest BCUT2D eigenvalue weighted by atomic mass is 10.1. The first kappa shape index (κ1) is 14.2. The summed E-state index contributed by atoms with van der Waals surface area (Å²) in [5.41, 5.74) is 7.21. The fourth-order valence-electron chi connectivity index (χ4n) is 2.06. The largest absolute Gasteiger partial charge is 0.409 e. The number of hydrogen-bond acceptors (Lipinski definition) is 4. The molecule has 1 aliphatic rings. The highest BCUT2D eigenvalue weighted by Crippen LogP contribution is 2.32. The van der Waals surface area contributed by atoms with Crippen LogP contribution in [-0.2, 0) is 0 Å². The van der Waals surface area contributed by atoms with E-state index >= 15 is 0 Å². The number of rotatable bonds is 5. The number of carbonyl (C=O) groups is 1. The Morgan fingerprint density at radius 3 is 2.45 bits per heavy atom. The van der Waals surface area contributed by atoms with Gasteiger partial charge in [0.1, 0.15) is 0 Å². The number of carbonyl (C=O) groups excluding carboxylic acids is 1. The third-order valence-electron chi connectivity index (χ3n) is 3.46. The van der Waals surface area contributed by atoms with Crippen LogP contribution < -0.4 is 16.0 Å². The predicted molar refractivity (Wildman–Crippen MR) is 78.2 cm³/mol. The van der Waals surface area contributed by atoms with Crippen LogP contribution in [0.2, 0.25) is 0 Å². The van der Waals surface area contributed by atoms with E-state index in [0.717, 1.165) is 18.5 Å². The molecule has 6 heteroatoms. The molecule has 1 fully saturated rings. The third-order valence-corrected chi connectivity index (χ3v) is 3.46. The number of anilines is 1. The zero-order chi connectivity index (χ0) is 14.7. The fourth-order valence-corrected chi connectivity index (χ4v) is 2.06. The molecule has 0 aromatic heterocycles. The van der Waals surface area contributed by atoms with Gasteiger partial charge in [-0.3, -0.25) is 4.79 Å². The molecule has 1 saturated carbocycles. The van der Waals surface area contributed by atoms with Crippen molar-refractivity contribution in [3.8, 4) is 0 Å². The van der Waals surface area contributed by atoms with Gasteiger partial charge >= 0.3 is 0 Å². The van der Waals surface area contributed by atoms with E-state index in [1.807, 2.05) is 31.1 Å². The fraction of sp³-hybridized carbons (Fsp3) is 0.429. The molecular weight excluding hydrogens is 256 g/mol. The molecule has 1 aromatic carbocycles. The van der Waals surface area contributed by atoms with Gasteiger partial charge < -0.3 is 21.2 Å². The number of nitrogens with one attached hydrogen (secondary N) is 1. The maximum atomic E-state index is 12.2. The number of oxime groups is 1. The van der Waals surface area contributed by atoms with E-state index in [1.54, 1.807) is 12.1 Å². The third kappa shape index (κ3) is 3.20. The summed E-state index contributed by atoms with van der Waals surface area (Å²) in [5.74, 6) is 0.125. The second kappa shape index (κ2) is 5.81. The minimum Gasteiger partial charge on any atom is -0.409 e. The highest BCUT2D eigenvalue weighted by molar-refractivity contribution is 5.98. The molecule has 0 radical (unpaired) electrons. The first-order valence-corrected chi connectivity index (χ1v) is 6.58. The van der Waals surface area contributed by atoms with Crippen molar-refractivity contribution in [3.05, 3.63) is 29.8 Å². The van der Waals surface area contributed by atoms with Crippen LogP contribution in [0.4, 0.5) is 5.69 Å². The molecule has 2 rings (SSSR count). The number of nitrogens with zero attached hydrogens (tertiary/aromatic N) is 2. The van der Waals surface area contributed by atoms with Crippen molar-refractivity contribution in [2.24, 2.45) is 16.8 Å². The lowest BCUT2D eigenvalue weighted by Gasteiger charge is -2.17. The van der Waals surface area contributed by atoms with E-state index in [0.29, 0.717) is 5.56 Å². The van der Waals surface area contributed by atoms with Gasteiger partial charge in [-0.25, -0.2) is 0 Å². The van der Waals surface area contributed by atoms with E-state index < -0.39 is 0 Å². The number of benzene rings is 1. The molecule has 4 N–H and O–H groups in total. The summed E-state index contributed by atoms with van der Waals surface area (Å²) in [4.78, 5) is 14.1. The molecule has 108 valence electrons. The van der Waals surface area contributed by atoms with Gasteiger partial charge in [0.25, 0.3) is 5.91 Å². The Morgan fingerprint density at radius 1 is 1.40 bits per heavy atom. The summed E-state index contributed by atoms with van der Waals surface area (Å²) in [6.07, 6.45) is 1.97. The van der Waals surface area contributed by atoms with Crippen molar-refractivity contribution < 1.29 is 10.0 Å². The van der Waals surface area contributed by atoms with Gasteiger partial charge in [0, 0.05) is 25.3 Å². The van der Waals surface area contributed by atoms with Crippen LogP contribution in [0.3, 0.4) is 0 Å². The van der Waals surface area contributed by atoms with Crippen molar-refractivity contribution in [1.29, 1.82) is 0 Å². The summed E-state index contributed by atoms with van der Waals surface area (Å²) in [7, 11) is 3.88. The second-order valence-electron chi connectivity index (χ2n) is 5.25. The molecule has 1 aromatic rings. The normalized spacial score (nSPS) is 16.6. The van der Waals surface area contributed by atoms with Crippen molar-refractivity contribution in [2.45, 2.75) is 18.9 Å². The molecule has 1 unspecified atom stereocenters.